The van der Waals surface area contributed by atoms with Gasteiger partial charge >= 0.3 is 11.9 Å². The molecule has 0 aromatic heterocycles. The number of carbonyl (C=O) groups is 2. The Morgan fingerprint density at radius 1 is 0.271 bits per heavy atom. The molecule has 0 spiro atoms. The van der Waals surface area contributed by atoms with E-state index in [1.165, 1.54) is 55.7 Å². The summed E-state index contributed by atoms with van der Waals surface area (Å²) in [5.41, 5.74) is 28.9. The smallest absolute Gasteiger partial charge is 0.338 e. The van der Waals surface area contributed by atoms with Crippen molar-refractivity contribution >= 4 is 69.4 Å². The van der Waals surface area contributed by atoms with E-state index in [0.29, 0.717) is 24.3 Å². The number of hydrogen-bond donors (Lipinski definition) is 0. The van der Waals surface area contributed by atoms with Gasteiger partial charge < -0.3 is 9.47 Å². The van der Waals surface area contributed by atoms with E-state index in [2.05, 4.69) is 206 Å². The fraction of sp³-hybridized carbons (Fsp3) is 0.0909. The van der Waals surface area contributed by atoms with Crippen molar-refractivity contribution in [3.05, 3.63) is 358 Å². The number of anilines is 4. The van der Waals surface area contributed by atoms with E-state index < -0.39 is 0 Å². The molecule has 96 heavy (non-hydrogen) atoms. The van der Waals surface area contributed by atoms with Gasteiger partial charge in [0.05, 0.1) is 58.5 Å². The van der Waals surface area contributed by atoms with Crippen LogP contribution in [0.25, 0.3) is 67.8 Å². The third-order valence-corrected chi connectivity index (χ3v) is 18.7. The number of esters is 2. The summed E-state index contributed by atoms with van der Waals surface area (Å²) < 4.78 is 11.8. The zero-order valence-electron chi connectivity index (χ0n) is 52.9. The molecule has 4 aliphatic carbocycles. The summed E-state index contributed by atoms with van der Waals surface area (Å²) in [7, 11) is 0. The van der Waals surface area contributed by atoms with Crippen molar-refractivity contribution in [1.29, 1.82) is 0 Å². The number of hydrazone groups is 2. The second kappa shape index (κ2) is 26.2. The molecule has 0 aliphatic heterocycles. The van der Waals surface area contributed by atoms with Crippen molar-refractivity contribution in [2.45, 2.75) is 38.5 Å². The van der Waals surface area contributed by atoms with E-state index in [9.17, 15) is 9.59 Å². The summed E-state index contributed by atoms with van der Waals surface area (Å²) in [6, 6.07) is 100. The van der Waals surface area contributed by atoms with Crippen LogP contribution in [0.4, 0.5) is 22.7 Å². The maximum Gasteiger partial charge on any atom is 0.338 e. The molecule has 0 radical (unpaired) electrons. The number of rotatable bonds is 19. The molecular formula is C88H66N4O4. The van der Waals surface area contributed by atoms with Gasteiger partial charge in [-0.3, -0.25) is 0 Å². The molecule has 12 aromatic carbocycles. The predicted octanol–water partition coefficient (Wildman–Crippen LogP) is 21.3. The number of unbranched alkanes of at least 4 members (excludes halogenated alkanes) is 5. The molecule has 8 nitrogen and oxygen atoms in total. The molecule has 12 aromatic rings. The van der Waals surface area contributed by atoms with Crippen LogP contribution in [0.2, 0.25) is 0 Å². The zero-order chi connectivity index (χ0) is 64.3. The fourth-order valence-electron chi connectivity index (χ4n) is 14.0. The molecule has 0 atom stereocenters. The number of fused-ring (bicyclic) bond motifs is 12. The number of benzene rings is 12. The van der Waals surface area contributed by atoms with Crippen molar-refractivity contribution < 1.29 is 19.1 Å². The van der Waals surface area contributed by atoms with E-state index >= 15 is 0 Å². The van der Waals surface area contributed by atoms with Gasteiger partial charge in [-0.05, 0) is 187 Å². The third-order valence-electron chi connectivity index (χ3n) is 18.7. The Hall–Kier alpha value is -12.0. The normalized spacial score (nSPS) is 13.2. The Kier molecular flexibility index (Phi) is 16.1. The maximum atomic E-state index is 13.6. The summed E-state index contributed by atoms with van der Waals surface area (Å²) in [6.07, 6.45) is 9.90. The topological polar surface area (TPSA) is 83.8 Å². The molecule has 0 N–H and O–H groups in total. The van der Waals surface area contributed by atoms with E-state index in [0.717, 1.165) is 128 Å². The summed E-state index contributed by atoms with van der Waals surface area (Å²) >= 11 is 0. The summed E-state index contributed by atoms with van der Waals surface area (Å²) in [4.78, 5) is 27.3. The highest BCUT2D eigenvalue weighted by Gasteiger charge is 2.31. The van der Waals surface area contributed by atoms with Crippen LogP contribution >= 0.6 is 0 Å². The van der Waals surface area contributed by atoms with Crippen molar-refractivity contribution in [3.63, 3.8) is 0 Å². The molecule has 4 aliphatic rings. The Balaban J connectivity index is 0.526. The van der Waals surface area contributed by atoms with Crippen molar-refractivity contribution in [2.75, 3.05) is 23.2 Å². The average molecular weight is 1240 g/mol. The van der Waals surface area contributed by atoms with Gasteiger partial charge in [-0.2, -0.15) is 10.2 Å². The SMILES string of the molecule is O=C(OCCCCCCCCOC(=O)c1ccc2c(c1)-c1ccccc1/C2=N\N(c1ccccc1)c1ccc(C=C2c3ccccc3-c3ccccc32)cc1)c1ccc2c(c1)-c1ccccc1/C2=N\N(c1ccccc1)c1ccc(C=C2c3ccccc3-c3ccccc32)cc1. The molecule has 0 fully saturated rings. The number of carbonyl (C=O) groups excluding carboxylic acids is 2. The van der Waals surface area contributed by atoms with E-state index in [4.69, 9.17) is 19.7 Å². The third kappa shape index (κ3) is 11.4. The molecule has 16 rings (SSSR count). The summed E-state index contributed by atoms with van der Waals surface area (Å²) in [6.45, 7) is 0.672. The van der Waals surface area contributed by atoms with Gasteiger partial charge in [-0.1, -0.05) is 244 Å². The van der Waals surface area contributed by atoms with Gasteiger partial charge in [0.1, 0.15) is 0 Å². The van der Waals surface area contributed by atoms with E-state index in [1.54, 1.807) is 0 Å². The monoisotopic (exact) mass is 1240 g/mol. The minimum atomic E-state index is -0.340. The molecule has 0 unspecified atom stereocenters. The molecular weight excluding hydrogens is 1180 g/mol. The maximum absolute atomic E-state index is 13.6. The van der Waals surface area contributed by atoms with Gasteiger partial charge in [-0.15, -0.1) is 0 Å². The van der Waals surface area contributed by atoms with Gasteiger partial charge in [0.2, 0.25) is 0 Å². The van der Waals surface area contributed by atoms with Crippen molar-refractivity contribution in [1.82, 2.24) is 0 Å². The largest absolute Gasteiger partial charge is 0.462 e. The van der Waals surface area contributed by atoms with Gasteiger partial charge in [0, 0.05) is 22.3 Å². The number of para-hydroxylation sites is 2. The first-order valence-electron chi connectivity index (χ1n) is 33.2. The number of ether oxygens (including phenoxy) is 2. The van der Waals surface area contributed by atoms with Gasteiger partial charge in [0.25, 0.3) is 0 Å². The fourth-order valence-corrected chi connectivity index (χ4v) is 14.0. The molecule has 0 heterocycles. The zero-order valence-corrected chi connectivity index (χ0v) is 52.9. The second-order valence-corrected chi connectivity index (χ2v) is 24.7. The molecule has 462 valence electrons. The van der Waals surface area contributed by atoms with Crippen LogP contribution in [0.1, 0.15) is 115 Å². The lowest BCUT2D eigenvalue weighted by atomic mass is 10.0. The second-order valence-electron chi connectivity index (χ2n) is 24.7. The van der Waals surface area contributed by atoms with Gasteiger partial charge in [0.15, 0.2) is 0 Å². The highest BCUT2D eigenvalue weighted by Crippen LogP contribution is 2.48. The highest BCUT2D eigenvalue weighted by molar-refractivity contribution is 6.26. The van der Waals surface area contributed by atoms with Crippen molar-refractivity contribution in [2.24, 2.45) is 10.2 Å². The summed E-state index contributed by atoms with van der Waals surface area (Å²) in [5.74, 6) is -0.679. The number of hydrogen-bond acceptors (Lipinski definition) is 8. The first-order valence-corrected chi connectivity index (χ1v) is 33.2. The molecule has 0 bridgehead atoms. The molecule has 0 saturated carbocycles. The van der Waals surface area contributed by atoms with Crippen LogP contribution in [-0.4, -0.2) is 36.6 Å². The van der Waals surface area contributed by atoms with E-state index in [-0.39, 0.29) is 11.9 Å². The Morgan fingerprint density at radius 3 is 0.885 bits per heavy atom. The quantitative estimate of drug-likeness (QED) is 0.0456. The molecule has 0 amide bonds. The Labute approximate surface area is 559 Å². The standard InChI is InChI=1S/C88H66N4O4/c93-87(61-45-51-79-83(57-61)75-37-19-21-39-77(75)85(79)89-91(63-25-7-5-8-26-63)65-47-41-59(42-48-65)55-81-71-33-15-11-29-67(71)68-30-12-16-34-72(68)81)95-53-23-3-1-2-4-24-54-96-88(94)62-46-52-80-84(58-62)76-38-20-22-40-78(76)86(80)90-92(64-27-9-6-10-28-64)66-49-43-60(44-50-66)56-82-73-35-17-13-31-69(73)70-32-14-18-36-74(70)82/h5-22,25-52,55-58H,1-4,23-24,53-54H2/b89-85+,90-86+. The minimum Gasteiger partial charge on any atom is -0.462 e. The van der Waals surface area contributed by atoms with Crippen LogP contribution in [0.15, 0.2) is 301 Å². The average Bonchev–Trinajstić information content (AvgIpc) is 1.63. The molecule has 8 heteroatoms. The Bertz CT molecular complexity index is 4690. The van der Waals surface area contributed by atoms with Crippen LogP contribution < -0.4 is 10.0 Å². The van der Waals surface area contributed by atoms with Crippen LogP contribution in [0.5, 0.6) is 0 Å². The van der Waals surface area contributed by atoms with Gasteiger partial charge in [-0.25, -0.2) is 19.6 Å². The first-order chi connectivity index (χ1) is 47.5. The van der Waals surface area contributed by atoms with Crippen molar-refractivity contribution in [3.8, 4) is 44.5 Å². The lowest BCUT2D eigenvalue weighted by molar-refractivity contribution is 0.0484. The predicted molar refractivity (Wildman–Crippen MR) is 391 cm³/mol. The Morgan fingerprint density at radius 2 is 0.542 bits per heavy atom. The van der Waals surface area contributed by atoms with Crippen LogP contribution in [-0.2, 0) is 9.47 Å². The first kappa shape index (κ1) is 59.0. The molecule has 0 saturated heterocycles. The van der Waals surface area contributed by atoms with Crippen LogP contribution in [0.3, 0.4) is 0 Å². The van der Waals surface area contributed by atoms with E-state index in [1.807, 2.05) is 107 Å². The minimum absolute atomic E-state index is 0.336. The lowest BCUT2D eigenvalue weighted by Crippen LogP contribution is -2.14. The van der Waals surface area contributed by atoms with Crippen LogP contribution in [0, 0.1) is 0 Å². The summed E-state index contributed by atoms with van der Waals surface area (Å²) in [5, 5.41) is 14.9. The highest BCUT2D eigenvalue weighted by atomic mass is 16.5. The number of nitrogens with zero attached hydrogens (tertiary/aromatic N) is 4. The lowest BCUT2D eigenvalue weighted by Gasteiger charge is -2.21.